The van der Waals surface area contributed by atoms with E-state index in [4.69, 9.17) is 4.74 Å². The van der Waals surface area contributed by atoms with E-state index in [-0.39, 0.29) is 24.9 Å². The van der Waals surface area contributed by atoms with E-state index < -0.39 is 10.0 Å². The first kappa shape index (κ1) is 25.9. The maximum absolute atomic E-state index is 12.5. The van der Waals surface area contributed by atoms with Crippen LogP contribution in [0.2, 0.25) is 0 Å². The summed E-state index contributed by atoms with van der Waals surface area (Å²) >= 11 is 0. The van der Waals surface area contributed by atoms with Gasteiger partial charge in [-0.15, -0.1) is 0 Å². The van der Waals surface area contributed by atoms with E-state index in [0.717, 1.165) is 24.6 Å². The van der Waals surface area contributed by atoms with Gasteiger partial charge in [-0.3, -0.25) is 9.10 Å². The largest absolute Gasteiger partial charge is 0.497 e. The molecule has 1 atom stereocenters. The maximum atomic E-state index is 12.5. The normalized spacial score (nSPS) is 15.6. The van der Waals surface area contributed by atoms with Gasteiger partial charge in [0.15, 0.2) is 0 Å². The number of rotatable bonds is 10. The highest BCUT2D eigenvalue weighted by Gasteiger charge is 2.19. The fourth-order valence-corrected chi connectivity index (χ4v) is 5.23. The predicted molar refractivity (Wildman–Crippen MR) is 138 cm³/mol. The first-order valence-electron chi connectivity index (χ1n) is 11.9. The second-order valence-corrected chi connectivity index (χ2v) is 11.1. The number of carbonyl (C=O) groups is 1. The summed E-state index contributed by atoms with van der Waals surface area (Å²) in [5.74, 6) is 1.28. The predicted octanol–water partition coefficient (Wildman–Crippen LogP) is 4.36. The molecule has 0 spiro atoms. The molecule has 0 unspecified atom stereocenters. The number of nitrogens with one attached hydrogen (secondary N) is 1. The smallest absolute Gasteiger partial charge is 0.232 e. The molecule has 2 aromatic rings. The molecule has 7 nitrogen and oxygen atoms in total. The molecule has 1 N–H and O–H groups in total. The molecule has 2 aromatic carbocycles. The Labute approximate surface area is 204 Å². The van der Waals surface area contributed by atoms with Crippen molar-refractivity contribution in [3.8, 4) is 5.75 Å². The van der Waals surface area contributed by atoms with Crippen LogP contribution in [-0.2, 0) is 14.8 Å². The average Bonchev–Trinajstić information content (AvgIpc) is 2.81. The number of methoxy groups -OCH3 is 1. The Hall–Kier alpha value is -2.74. The Balaban J connectivity index is 1.51. The van der Waals surface area contributed by atoms with Gasteiger partial charge < -0.3 is 15.0 Å². The van der Waals surface area contributed by atoms with E-state index in [1.54, 1.807) is 24.3 Å². The zero-order valence-corrected chi connectivity index (χ0v) is 21.5. The van der Waals surface area contributed by atoms with Gasteiger partial charge in [0, 0.05) is 37.8 Å². The van der Waals surface area contributed by atoms with Crippen molar-refractivity contribution >= 4 is 27.3 Å². The van der Waals surface area contributed by atoms with Gasteiger partial charge in [0.25, 0.3) is 0 Å². The fraction of sp³-hybridized carbons (Fsp3) is 0.500. The highest BCUT2D eigenvalue weighted by molar-refractivity contribution is 7.92. The van der Waals surface area contributed by atoms with E-state index in [0.29, 0.717) is 17.9 Å². The molecule has 186 valence electrons. The van der Waals surface area contributed by atoms with Crippen molar-refractivity contribution in [2.75, 3.05) is 42.2 Å². The Kier molecular flexibility index (Phi) is 8.83. The highest BCUT2D eigenvalue weighted by atomic mass is 32.2. The third-order valence-electron chi connectivity index (χ3n) is 6.43. The van der Waals surface area contributed by atoms with Crippen molar-refractivity contribution in [2.45, 2.75) is 45.6 Å². The molecule has 1 heterocycles. The van der Waals surface area contributed by atoms with Crippen LogP contribution in [0.15, 0.2) is 48.5 Å². The second kappa shape index (κ2) is 11.6. The molecule has 3 rings (SSSR count). The van der Waals surface area contributed by atoms with Crippen molar-refractivity contribution in [3.05, 3.63) is 54.1 Å². The maximum Gasteiger partial charge on any atom is 0.232 e. The number of nitrogens with zero attached hydrogens (tertiary/aromatic N) is 2. The van der Waals surface area contributed by atoms with E-state index in [9.17, 15) is 13.2 Å². The molecule has 1 aliphatic rings. The van der Waals surface area contributed by atoms with Gasteiger partial charge in [-0.2, -0.15) is 0 Å². The number of ether oxygens (including phenoxy) is 1. The van der Waals surface area contributed by atoms with Crippen LogP contribution in [0.4, 0.5) is 11.4 Å². The lowest BCUT2D eigenvalue weighted by molar-refractivity contribution is -0.121. The van der Waals surface area contributed by atoms with Crippen LogP contribution >= 0.6 is 0 Å². The minimum atomic E-state index is -3.48. The summed E-state index contributed by atoms with van der Waals surface area (Å²) in [5.41, 5.74) is 2.81. The fourth-order valence-electron chi connectivity index (χ4n) is 4.27. The molecule has 8 heteroatoms. The third-order valence-corrected chi connectivity index (χ3v) is 7.62. The highest BCUT2D eigenvalue weighted by Crippen LogP contribution is 2.25. The van der Waals surface area contributed by atoms with Crippen molar-refractivity contribution in [3.63, 3.8) is 0 Å². The van der Waals surface area contributed by atoms with Crippen LogP contribution in [0, 0.1) is 5.92 Å². The van der Waals surface area contributed by atoms with Crippen molar-refractivity contribution in [2.24, 2.45) is 5.92 Å². The first-order chi connectivity index (χ1) is 16.2. The van der Waals surface area contributed by atoms with Crippen LogP contribution in [0.1, 0.15) is 51.1 Å². The van der Waals surface area contributed by atoms with Gasteiger partial charge in [-0.05, 0) is 61.9 Å². The number of amides is 1. The Morgan fingerprint density at radius 2 is 1.85 bits per heavy atom. The number of hydrogen-bond acceptors (Lipinski definition) is 5. The number of hydrogen-bond donors (Lipinski definition) is 1. The third kappa shape index (κ3) is 7.13. The molecule has 0 radical (unpaired) electrons. The monoisotopic (exact) mass is 487 g/mol. The number of benzene rings is 2. The van der Waals surface area contributed by atoms with Gasteiger partial charge in [0.1, 0.15) is 5.75 Å². The number of piperidine rings is 1. The quantitative estimate of drug-likeness (QED) is 0.539. The van der Waals surface area contributed by atoms with E-state index in [1.807, 2.05) is 6.92 Å². The van der Waals surface area contributed by atoms with E-state index in [2.05, 4.69) is 41.4 Å². The molecule has 1 fully saturated rings. The summed E-state index contributed by atoms with van der Waals surface area (Å²) in [6, 6.07) is 15.2. The van der Waals surface area contributed by atoms with Crippen LogP contribution in [-0.4, -0.2) is 47.3 Å². The molecule has 0 aliphatic carbocycles. The van der Waals surface area contributed by atoms with Gasteiger partial charge in [-0.25, -0.2) is 8.42 Å². The van der Waals surface area contributed by atoms with E-state index >= 15 is 0 Å². The molecule has 1 aliphatic heterocycles. The van der Waals surface area contributed by atoms with Crippen molar-refractivity contribution in [1.82, 2.24) is 5.32 Å². The summed E-state index contributed by atoms with van der Waals surface area (Å²) in [6.45, 7) is 6.67. The van der Waals surface area contributed by atoms with Gasteiger partial charge >= 0.3 is 0 Å². The molecule has 1 saturated heterocycles. The summed E-state index contributed by atoms with van der Waals surface area (Å²) in [4.78, 5) is 15.0. The van der Waals surface area contributed by atoms with Crippen LogP contribution in [0.25, 0.3) is 0 Å². The molecule has 0 aromatic heterocycles. The summed E-state index contributed by atoms with van der Waals surface area (Å²) in [5, 5.41) is 3.03. The number of anilines is 2. The summed E-state index contributed by atoms with van der Waals surface area (Å²) < 4.78 is 31.1. The van der Waals surface area contributed by atoms with Crippen LogP contribution in [0.5, 0.6) is 5.75 Å². The lowest BCUT2D eigenvalue weighted by Gasteiger charge is -2.32. The van der Waals surface area contributed by atoms with Crippen LogP contribution in [0.3, 0.4) is 0 Å². The zero-order chi connectivity index (χ0) is 24.7. The lowest BCUT2D eigenvalue weighted by Crippen LogP contribution is -2.33. The van der Waals surface area contributed by atoms with Gasteiger partial charge in [0.05, 0.1) is 25.1 Å². The Morgan fingerprint density at radius 1 is 1.18 bits per heavy atom. The molecule has 0 bridgehead atoms. The second-order valence-electron chi connectivity index (χ2n) is 9.19. The van der Waals surface area contributed by atoms with E-state index in [1.165, 1.54) is 36.2 Å². The minimum Gasteiger partial charge on any atom is -0.497 e. The lowest BCUT2D eigenvalue weighted by atomic mass is 9.98. The summed E-state index contributed by atoms with van der Waals surface area (Å²) in [6.07, 6.45) is 4.27. The molecule has 34 heavy (non-hydrogen) atoms. The first-order valence-corrected chi connectivity index (χ1v) is 13.8. The van der Waals surface area contributed by atoms with Crippen molar-refractivity contribution < 1.29 is 17.9 Å². The minimum absolute atomic E-state index is 0.0966. The Morgan fingerprint density at radius 3 is 2.47 bits per heavy atom. The molecule has 0 saturated carbocycles. The Bertz CT molecular complexity index is 1050. The molecular formula is C26H37N3O4S. The number of sulfonamides is 1. The summed E-state index contributed by atoms with van der Waals surface area (Å²) in [7, 11) is -1.94. The molecular weight excluding hydrogens is 450 g/mol. The average molecular weight is 488 g/mol. The standard InChI is InChI=1S/C26H37N3O4S/c1-20-14-17-28(18-15-20)23-12-10-22(11-13-23)21(2)27-26(30)9-6-16-29(34(4,31)32)24-7-5-8-25(19-24)33-3/h5,7-8,10-13,19-21H,6,9,14-18H2,1-4H3,(H,27,30)/t21-/m0/s1. The number of carbonyl (C=O) groups excluding carboxylic acids is 1. The van der Waals surface area contributed by atoms with Gasteiger partial charge in [-0.1, -0.05) is 25.1 Å². The SMILES string of the molecule is COc1cccc(N(CCCC(=O)N[C@@H](C)c2ccc(N3CCC(C)CC3)cc2)S(C)(=O)=O)c1. The zero-order valence-electron chi connectivity index (χ0n) is 20.7. The van der Waals surface area contributed by atoms with Crippen LogP contribution < -0.4 is 19.3 Å². The molecule has 1 amide bonds. The van der Waals surface area contributed by atoms with Crippen molar-refractivity contribution in [1.29, 1.82) is 0 Å². The van der Waals surface area contributed by atoms with Gasteiger partial charge in [0.2, 0.25) is 15.9 Å². The topological polar surface area (TPSA) is 79.0 Å².